The third-order valence-electron chi connectivity index (χ3n) is 1.74. The Morgan fingerprint density at radius 2 is 1.25 bits per heavy atom. The van der Waals surface area contributed by atoms with Gasteiger partial charge in [0.15, 0.2) is 0 Å². The highest BCUT2D eigenvalue weighted by Crippen LogP contribution is 2.10. The number of hydrogen-bond donors (Lipinski definition) is 2. The SMILES string of the molecule is COC(=O)c1ccccc1C(=O)OC.OO. The molecule has 0 spiro atoms. The van der Waals surface area contributed by atoms with Crippen molar-refractivity contribution in [3.05, 3.63) is 35.4 Å². The highest BCUT2D eigenvalue weighted by atomic mass is 17.0. The third kappa shape index (κ3) is 3.34. The van der Waals surface area contributed by atoms with Crippen LogP contribution in [0.25, 0.3) is 0 Å². The van der Waals surface area contributed by atoms with E-state index in [1.54, 1.807) is 12.1 Å². The van der Waals surface area contributed by atoms with Crippen LogP contribution in [0, 0.1) is 0 Å². The quantitative estimate of drug-likeness (QED) is 0.450. The lowest BCUT2D eigenvalue weighted by Crippen LogP contribution is -2.11. The molecule has 6 heteroatoms. The minimum absolute atomic E-state index is 0.210. The minimum atomic E-state index is -0.550. The largest absolute Gasteiger partial charge is 0.465 e. The Kier molecular flexibility index (Phi) is 6.50. The lowest BCUT2D eigenvalue weighted by Gasteiger charge is -2.04. The van der Waals surface area contributed by atoms with Gasteiger partial charge in [0.2, 0.25) is 0 Å². The van der Waals surface area contributed by atoms with Crippen LogP contribution in [0.2, 0.25) is 0 Å². The number of carbonyl (C=O) groups excluding carboxylic acids is 2. The number of benzene rings is 1. The summed E-state index contributed by atoms with van der Waals surface area (Å²) in [4.78, 5) is 22.4. The molecule has 88 valence electrons. The van der Waals surface area contributed by atoms with E-state index in [1.807, 2.05) is 0 Å². The van der Waals surface area contributed by atoms with Crippen molar-refractivity contribution >= 4 is 11.9 Å². The van der Waals surface area contributed by atoms with Crippen LogP contribution in [0.15, 0.2) is 24.3 Å². The van der Waals surface area contributed by atoms with Gasteiger partial charge in [-0.1, -0.05) is 12.1 Å². The van der Waals surface area contributed by atoms with Crippen molar-refractivity contribution in [2.45, 2.75) is 0 Å². The lowest BCUT2D eigenvalue weighted by atomic mass is 10.1. The fourth-order valence-corrected chi connectivity index (χ4v) is 1.06. The molecule has 0 fully saturated rings. The van der Waals surface area contributed by atoms with Gasteiger partial charge in [0.1, 0.15) is 0 Å². The predicted molar refractivity (Wildman–Crippen MR) is 54.4 cm³/mol. The Morgan fingerprint density at radius 1 is 0.938 bits per heavy atom. The van der Waals surface area contributed by atoms with Crippen LogP contribution in [0.3, 0.4) is 0 Å². The highest BCUT2D eigenvalue weighted by Gasteiger charge is 2.16. The molecule has 0 aromatic heterocycles. The molecule has 16 heavy (non-hydrogen) atoms. The molecule has 0 amide bonds. The lowest BCUT2D eigenvalue weighted by molar-refractivity contribution is -0.176. The van der Waals surface area contributed by atoms with Crippen molar-refractivity contribution < 1.29 is 29.6 Å². The van der Waals surface area contributed by atoms with Crippen molar-refractivity contribution in [3.8, 4) is 0 Å². The first-order chi connectivity index (χ1) is 7.70. The molecule has 0 saturated carbocycles. The molecule has 0 unspecified atom stereocenters. The molecular weight excluding hydrogens is 216 g/mol. The van der Waals surface area contributed by atoms with Gasteiger partial charge in [-0.05, 0) is 12.1 Å². The van der Waals surface area contributed by atoms with Crippen LogP contribution < -0.4 is 0 Å². The van der Waals surface area contributed by atoms with Gasteiger partial charge in [-0.25, -0.2) is 9.59 Å². The van der Waals surface area contributed by atoms with E-state index in [1.165, 1.54) is 26.4 Å². The molecule has 0 bridgehead atoms. The molecule has 0 aliphatic carbocycles. The van der Waals surface area contributed by atoms with Gasteiger partial charge in [0.25, 0.3) is 0 Å². The summed E-state index contributed by atoms with van der Waals surface area (Å²) in [5, 5.41) is 12.0. The summed E-state index contributed by atoms with van der Waals surface area (Å²) in [6.07, 6.45) is 0. The van der Waals surface area contributed by atoms with Gasteiger partial charge in [-0.3, -0.25) is 10.5 Å². The maximum absolute atomic E-state index is 11.2. The Hall–Kier alpha value is -1.92. The monoisotopic (exact) mass is 228 g/mol. The van der Waals surface area contributed by atoms with E-state index in [2.05, 4.69) is 9.47 Å². The summed E-state index contributed by atoms with van der Waals surface area (Å²) in [7, 11) is 2.52. The number of methoxy groups -OCH3 is 2. The smallest absolute Gasteiger partial charge is 0.338 e. The van der Waals surface area contributed by atoms with Gasteiger partial charge in [0, 0.05) is 0 Å². The van der Waals surface area contributed by atoms with E-state index in [0.717, 1.165) is 0 Å². The predicted octanol–water partition coefficient (Wildman–Crippen LogP) is 1.28. The average Bonchev–Trinajstić information content (AvgIpc) is 2.39. The van der Waals surface area contributed by atoms with Crippen LogP contribution in [0.5, 0.6) is 0 Å². The number of esters is 2. The van der Waals surface area contributed by atoms with Gasteiger partial charge >= 0.3 is 11.9 Å². The van der Waals surface area contributed by atoms with E-state index in [4.69, 9.17) is 10.5 Å². The van der Waals surface area contributed by atoms with Crippen LogP contribution in [-0.2, 0) is 9.47 Å². The van der Waals surface area contributed by atoms with Crippen LogP contribution in [0.1, 0.15) is 20.7 Å². The first kappa shape index (κ1) is 14.1. The summed E-state index contributed by atoms with van der Waals surface area (Å²) in [5.41, 5.74) is 0.420. The van der Waals surface area contributed by atoms with Crippen molar-refractivity contribution in [3.63, 3.8) is 0 Å². The normalized spacial score (nSPS) is 8.50. The van der Waals surface area contributed by atoms with E-state index in [9.17, 15) is 9.59 Å². The van der Waals surface area contributed by atoms with Crippen LogP contribution in [0.4, 0.5) is 0 Å². The van der Waals surface area contributed by atoms with E-state index in [0.29, 0.717) is 0 Å². The Bertz CT molecular complexity index is 325. The molecule has 2 N–H and O–H groups in total. The maximum Gasteiger partial charge on any atom is 0.338 e. The van der Waals surface area contributed by atoms with Gasteiger partial charge in [-0.15, -0.1) is 0 Å². The molecule has 0 heterocycles. The van der Waals surface area contributed by atoms with Crippen molar-refractivity contribution in [2.75, 3.05) is 14.2 Å². The minimum Gasteiger partial charge on any atom is -0.465 e. The zero-order chi connectivity index (χ0) is 12.6. The standard InChI is InChI=1S/C10H10O4.H2O2/c1-13-9(11)7-5-3-4-6-8(7)10(12)14-2;1-2/h3-6H,1-2H3;1-2H. The van der Waals surface area contributed by atoms with Gasteiger partial charge in [-0.2, -0.15) is 0 Å². The van der Waals surface area contributed by atoms with Crippen molar-refractivity contribution in [1.82, 2.24) is 0 Å². The molecule has 0 atom stereocenters. The number of carbonyl (C=O) groups is 2. The Labute approximate surface area is 92.0 Å². The summed E-state index contributed by atoms with van der Waals surface area (Å²) >= 11 is 0. The Balaban J connectivity index is 0.00000106. The number of rotatable bonds is 2. The van der Waals surface area contributed by atoms with E-state index >= 15 is 0 Å². The fourth-order valence-electron chi connectivity index (χ4n) is 1.06. The van der Waals surface area contributed by atoms with Gasteiger partial charge in [0.05, 0.1) is 25.3 Å². The van der Waals surface area contributed by atoms with Crippen LogP contribution >= 0.6 is 0 Å². The molecule has 0 aliphatic rings. The summed E-state index contributed by atoms with van der Waals surface area (Å²) < 4.78 is 9.05. The Morgan fingerprint density at radius 3 is 1.50 bits per heavy atom. The second-order valence-corrected chi connectivity index (χ2v) is 2.53. The zero-order valence-corrected chi connectivity index (χ0v) is 8.84. The van der Waals surface area contributed by atoms with Crippen molar-refractivity contribution in [2.24, 2.45) is 0 Å². The summed E-state index contributed by atoms with van der Waals surface area (Å²) in [6.45, 7) is 0. The molecule has 0 radical (unpaired) electrons. The van der Waals surface area contributed by atoms with E-state index in [-0.39, 0.29) is 11.1 Å². The summed E-state index contributed by atoms with van der Waals surface area (Å²) in [6, 6.07) is 6.33. The average molecular weight is 228 g/mol. The zero-order valence-electron chi connectivity index (χ0n) is 8.84. The second kappa shape index (κ2) is 7.38. The third-order valence-corrected chi connectivity index (χ3v) is 1.74. The van der Waals surface area contributed by atoms with Crippen molar-refractivity contribution in [1.29, 1.82) is 0 Å². The molecule has 1 rings (SSSR count). The first-order valence-electron chi connectivity index (χ1n) is 4.16. The fraction of sp³-hybridized carbons (Fsp3) is 0.200. The maximum atomic E-state index is 11.2. The number of hydrogen-bond acceptors (Lipinski definition) is 6. The topological polar surface area (TPSA) is 93.1 Å². The molecule has 1 aromatic carbocycles. The van der Waals surface area contributed by atoms with Gasteiger partial charge < -0.3 is 9.47 Å². The number of ether oxygens (including phenoxy) is 2. The van der Waals surface area contributed by atoms with Crippen LogP contribution in [-0.4, -0.2) is 36.7 Å². The summed E-state index contributed by atoms with van der Waals surface area (Å²) in [5.74, 6) is -1.10. The van der Waals surface area contributed by atoms with E-state index < -0.39 is 11.9 Å². The molecular formula is C10H12O6. The first-order valence-corrected chi connectivity index (χ1v) is 4.16. The second-order valence-electron chi connectivity index (χ2n) is 2.53. The molecule has 0 saturated heterocycles. The molecule has 1 aromatic rings. The highest BCUT2D eigenvalue weighted by molar-refractivity contribution is 6.02. The molecule has 6 nitrogen and oxygen atoms in total. The molecule has 0 aliphatic heterocycles.